The lowest BCUT2D eigenvalue weighted by atomic mass is 9.79. The Bertz CT molecular complexity index is 123. The molecule has 0 heterocycles. The molecule has 1 nitrogen and oxygen atoms in total. The maximum absolute atomic E-state index is 9.00. The molecule has 0 aromatic heterocycles. The molecule has 1 saturated carbocycles. The van der Waals surface area contributed by atoms with Gasteiger partial charge in [0.1, 0.15) is 0 Å². The van der Waals surface area contributed by atoms with E-state index in [1.165, 1.54) is 38.5 Å². The highest BCUT2D eigenvalue weighted by Crippen LogP contribution is 2.31. The van der Waals surface area contributed by atoms with Crippen molar-refractivity contribution < 1.29 is 5.11 Å². The van der Waals surface area contributed by atoms with E-state index >= 15 is 0 Å². The Hall–Kier alpha value is -0.0400. The molecule has 0 unspecified atom stereocenters. The van der Waals surface area contributed by atoms with Gasteiger partial charge in [0.25, 0.3) is 0 Å². The summed E-state index contributed by atoms with van der Waals surface area (Å²) < 4.78 is 0. The average Bonchev–Trinajstić information content (AvgIpc) is 2.15. The van der Waals surface area contributed by atoms with Gasteiger partial charge >= 0.3 is 0 Å². The first-order chi connectivity index (χ1) is 6.22. The van der Waals surface area contributed by atoms with Crippen molar-refractivity contribution in [3.05, 3.63) is 0 Å². The molecule has 78 valence electrons. The fourth-order valence-corrected chi connectivity index (χ4v) is 2.27. The van der Waals surface area contributed by atoms with E-state index in [0.29, 0.717) is 12.5 Å². The number of aliphatic hydroxyl groups excluding tert-OH is 1. The average molecular weight is 184 g/mol. The third-order valence-electron chi connectivity index (χ3n) is 3.38. The Morgan fingerprint density at radius 2 is 1.62 bits per heavy atom. The van der Waals surface area contributed by atoms with Gasteiger partial charge in [-0.15, -0.1) is 0 Å². The van der Waals surface area contributed by atoms with Crippen LogP contribution in [0.4, 0.5) is 0 Å². The second kappa shape index (κ2) is 5.64. The Kier molecular flexibility index (Phi) is 4.79. The van der Waals surface area contributed by atoms with Gasteiger partial charge in [-0.2, -0.15) is 0 Å². The zero-order valence-electron chi connectivity index (χ0n) is 9.13. The van der Waals surface area contributed by atoms with Crippen LogP contribution in [-0.4, -0.2) is 11.7 Å². The normalized spacial score (nSPS) is 29.5. The van der Waals surface area contributed by atoms with E-state index in [4.69, 9.17) is 5.11 Å². The highest BCUT2D eigenvalue weighted by atomic mass is 16.3. The summed E-state index contributed by atoms with van der Waals surface area (Å²) in [5, 5.41) is 9.00. The molecule has 1 rings (SSSR count). The zero-order chi connectivity index (χ0) is 9.68. The summed E-state index contributed by atoms with van der Waals surface area (Å²) in [6.45, 7) is 5.02. The molecule has 1 heteroatoms. The van der Waals surface area contributed by atoms with Crippen LogP contribution in [0.2, 0.25) is 0 Å². The van der Waals surface area contributed by atoms with E-state index < -0.39 is 0 Å². The van der Waals surface area contributed by atoms with Gasteiger partial charge in [0.2, 0.25) is 0 Å². The van der Waals surface area contributed by atoms with Crippen molar-refractivity contribution in [3.8, 4) is 0 Å². The lowest BCUT2D eigenvalue weighted by Crippen LogP contribution is -2.17. The van der Waals surface area contributed by atoms with Gasteiger partial charge in [0.15, 0.2) is 0 Å². The molecule has 1 aliphatic rings. The minimum absolute atomic E-state index is 0.414. The van der Waals surface area contributed by atoms with Crippen molar-refractivity contribution in [3.63, 3.8) is 0 Å². The van der Waals surface area contributed by atoms with E-state index in [-0.39, 0.29) is 0 Å². The molecule has 0 aromatic carbocycles. The summed E-state index contributed by atoms with van der Waals surface area (Å²) in [7, 11) is 0. The second-order valence-corrected chi connectivity index (χ2v) is 5.04. The van der Waals surface area contributed by atoms with E-state index in [1.807, 2.05) is 0 Å². The quantitative estimate of drug-likeness (QED) is 0.711. The molecule has 1 aliphatic carbocycles. The van der Waals surface area contributed by atoms with Crippen LogP contribution < -0.4 is 0 Å². The van der Waals surface area contributed by atoms with E-state index in [0.717, 1.165) is 11.8 Å². The Balaban J connectivity index is 2.10. The third-order valence-corrected chi connectivity index (χ3v) is 3.38. The van der Waals surface area contributed by atoms with Crippen LogP contribution in [0.5, 0.6) is 0 Å². The standard InChI is InChI=1S/C12H24O/c1-10(2)3-4-11-5-7-12(9-13)8-6-11/h10-13H,3-9H2,1-2H3. The Morgan fingerprint density at radius 3 is 2.08 bits per heavy atom. The first-order valence-electron chi connectivity index (χ1n) is 5.83. The van der Waals surface area contributed by atoms with Crippen LogP contribution in [0.3, 0.4) is 0 Å². The van der Waals surface area contributed by atoms with Crippen LogP contribution in [0.15, 0.2) is 0 Å². The molecule has 0 spiro atoms. The summed E-state index contributed by atoms with van der Waals surface area (Å²) in [6, 6.07) is 0. The van der Waals surface area contributed by atoms with Gasteiger partial charge in [0, 0.05) is 6.61 Å². The van der Waals surface area contributed by atoms with Crippen molar-refractivity contribution in [1.29, 1.82) is 0 Å². The Labute approximate surface area is 82.5 Å². The Morgan fingerprint density at radius 1 is 1.08 bits per heavy atom. The number of aliphatic hydroxyl groups is 1. The van der Waals surface area contributed by atoms with Gasteiger partial charge in [-0.3, -0.25) is 0 Å². The highest BCUT2D eigenvalue weighted by molar-refractivity contribution is 4.72. The summed E-state index contributed by atoms with van der Waals surface area (Å²) in [5.41, 5.74) is 0. The smallest absolute Gasteiger partial charge is 0.0459 e. The number of hydrogen-bond acceptors (Lipinski definition) is 1. The van der Waals surface area contributed by atoms with Crippen LogP contribution in [0, 0.1) is 17.8 Å². The van der Waals surface area contributed by atoms with Gasteiger partial charge in [0.05, 0.1) is 0 Å². The molecule has 1 fully saturated rings. The maximum Gasteiger partial charge on any atom is 0.0459 e. The van der Waals surface area contributed by atoms with Crippen molar-refractivity contribution in [2.24, 2.45) is 17.8 Å². The van der Waals surface area contributed by atoms with Gasteiger partial charge in [-0.25, -0.2) is 0 Å². The van der Waals surface area contributed by atoms with Crippen LogP contribution in [0.1, 0.15) is 52.4 Å². The lowest BCUT2D eigenvalue weighted by Gasteiger charge is -2.27. The van der Waals surface area contributed by atoms with E-state index in [2.05, 4.69) is 13.8 Å². The fraction of sp³-hybridized carbons (Fsp3) is 1.00. The molecule has 0 aliphatic heterocycles. The highest BCUT2D eigenvalue weighted by Gasteiger charge is 2.20. The molecule has 0 radical (unpaired) electrons. The van der Waals surface area contributed by atoms with Crippen molar-refractivity contribution in [1.82, 2.24) is 0 Å². The summed E-state index contributed by atoms with van der Waals surface area (Å²) in [4.78, 5) is 0. The number of hydrogen-bond donors (Lipinski definition) is 1. The van der Waals surface area contributed by atoms with Gasteiger partial charge in [-0.1, -0.05) is 39.5 Å². The van der Waals surface area contributed by atoms with Crippen LogP contribution >= 0.6 is 0 Å². The maximum atomic E-state index is 9.00. The molecule has 0 aromatic rings. The molecule has 0 saturated heterocycles. The molecule has 1 N–H and O–H groups in total. The first-order valence-corrected chi connectivity index (χ1v) is 5.83. The summed E-state index contributed by atoms with van der Waals surface area (Å²) >= 11 is 0. The zero-order valence-corrected chi connectivity index (χ0v) is 9.13. The largest absolute Gasteiger partial charge is 0.396 e. The molecule has 13 heavy (non-hydrogen) atoms. The van der Waals surface area contributed by atoms with Crippen LogP contribution in [0.25, 0.3) is 0 Å². The second-order valence-electron chi connectivity index (χ2n) is 5.04. The van der Waals surface area contributed by atoms with Gasteiger partial charge < -0.3 is 5.11 Å². The lowest BCUT2D eigenvalue weighted by molar-refractivity contribution is 0.162. The predicted molar refractivity (Wildman–Crippen MR) is 56.6 cm³/mol. The molecule has 0 bridgehead atoms. The number of rotatable bonds is 4. The molecule has 0 atom stereocenters. The van der Waals surface area contributed by atoms with E-state index in [9.17, 15) is 0 Å². The van der Waals surface area contributed by atoms with Gasteiger partial charge in [-0.05, 0) is 30.6 Å². The first kappa shape index (κ1) is 11.0. The summed E-state index contributed by atoms with van der Waals surface area (Å²) in [6.07, 6.45) is 8.04. The minimum atomic E-state index is 0.414. The molecular weight excluding hydrogens is 160 g/mol. The summed E-state index contributed by atoms with van der Waals surface area (Å²) in [5.74, 6) is 2.44. The molecular formula is C12H24O. The molecule has 0 amide bonds. The third kappa shape index (κ3) is 4.12. The van der Waals surface area contributed by atoms with E-state index in [1.54, 1.807) is 0 Å². The fourth-order valence-electron chi connectivity index (χ4n) is 2.27. The monoisotopic (exact) mass is 184 g/mol. The van der Waals surface area contributed by atoms with Crippen molar-refractivity contribution in [2.75, 3.05) is 6.61 Å². The van der Waals surface area contributed by atoms with Crippen molar-refractivity contribution >= 4 is 0 Å². The topological polar surface area (TPSA) is 20.2 Å². The SMILES string of the molecule is CC(C)CCC1CCC(CO)CC1. The van der Waals surface area contributed by atoms with Crippen molar-refractivity contribution in [2.45, 2.75) is 52.4 Å². The predicted octanol–water partition coefficient (Wildman–Crippen LogP) is 3.22. The minimum Gasteiger partial charge on any atom is -0.396 e. The van der Waals surface area contributed by atoms with Crippen LogP contribution in [-0.2, 0) is 0 Å².